The van der Waals surface area contributed by atoms with Gasteiger partial charge in [-0.3, -0.25) is 4.79 Å². The van der Waals surface area contributed by atoms with Gasteiger partial charge in [-0.2, -0.15) is 4.31 Å². The number of nitrogens with zero attached hydrogens (tertiary/aromatic N) is 2. The van der Waals surface area contributed by atoms with Crippen LogP contribution in [0.5, 0.6) is 5.75 Å². The highest BCUT2D eigenvalue weighted by molar-refractivity contribution is 7.89. The maximum absolute atomic E-state index is 12.9. The first-order valence-electron chi connectivity index (χ1n) is 8.53. The average molecular weight is 368 g/mol. The third-order valence-electron chi connectivity index (χ3n) is 4.75. The molecule has 1 aromatic rings. The monoisotopic (exact) mass is 368 g/mol. The second kappa shape index (κ2) is 7.72. The third-order valence-corrected chi connectivity index (χ3v) is 6.63. The topological polar surface area (TPSA) is 76.2 Å². The molecule has 0 spiro atoms. The number of rotatable bonds is 4. The minimum atomic E-state index is -3.60. The van der Waals surface area contributed by atoms with Gasteiger partial charge in [0.25, 0.3) is 0 Å². The highest BCUT2D eigenvalue weighted by atomic mass is 32.2. The fourth-order valence-electron chi connectivity index (χ4n) is 3.30. The molecule has 0 bridgehead atoms. The summed E-state index contributed by atoms with van der Waals surface area (Å²) in [6.07, 6.45) is 1.42. The number of hydrogen-bond acceptors (Lipinski definition) is 5. The van der Waals surface area contributed by atoms with E-state index >= 15 is 0 Å². The van der Waals surface area contributed by atoms with E-state index in [1.54, 1.807) is 29.2 Å². The zero-order chi connectivity index (χ0) is 17.9. The first kappa shape index (κ1) is 18.2. The minimum Gasteiger partial charge on any atom is -0.497 e. The van der Waals surface area contributed by atoms with Crippen molar-refractivity contribution >= 4 is 15.9 Å². The normalized spacial score (nSPS) is 22.6. The van der Waals surface area contributed by atoms with Gasteiger partial charge in [0.2, 0.25) is 15.9 Å². The van der Waals surface area contributed by atoms with Gasteiger partial charge >= 0.3 is 0 Å². The molecule has 0 radical (unpaired) electrons. The van der Waals surface area contributed by atoms with Crippen molar-refractivity contribution < 1.29 is 22.7 Å². The quantitative estimate of drug-likeness (QED) is 0.791. The van der Waals surface area contributed by atoms with E-state index in [2.05, 4.69) is 0 Å². The van der Waals surface area contributed by atoms with Gasteiger partial charge in [0, 0.05) is 26.2 Å². The number of sulfonamides is 1. The molecule has 1 aromatic carbocycles. The van der Waals surface area contributed by atoms with E-state index in [9.17, 15) is 13.2 Å². The predicted octanol–water partition coefficient (Wildman–Crippen LogP) is 0.955. The lowest BCUT2D eigenvalue weighted by atomic mass is 9.98. The summed E-state index contributed by atoms with van der Waals surface area (Å²) in [6, 6.07) is 6.35. The fourth-order valence-corrected chi connectivity index (χ4v) is 4.82. The Balaban J connectivity index is 1.71. The first-order valence-corrected chi connectivity index (χ1v) is 9.97. The summed E-state index contributed by atoms with van der Waals surface area (Å²) in [5.74, 6) is 0.371. The molecule has 0 aromatic heterocycles. The lowest BCUT2D eigenvalue weighted by molar-refractivity contribution is -0.140. The van der Waals surface area contributed by atoms with Crippen LogP contribution in [0.15, 0.2) is 29.2 Å². The number of piperidine rings is 1. The third kappa shape index (κ3) is 3.96. The van der Waals surface area contributed by atoms with Crippen molar-refractivity contribution in [3.05, 3.63) is 24.3 Å². The summed E-state index contributed by atoms with van der Waals surface area (Å²) < 4.78 is 37.5. The van der Waals surface area contributed by atoms with Crippen LogP contribution in [0.3, 0.4) is 0 Å². The molecule has 25 heavy (non-hydrogen) atoms. The van der Waals surface area contributed by atoms with Crippen LogP contribution in [0.4, 0.5) is 0 Å². The Labute approximate surface area is 148 Å². The molecular weight excluding hydrogens is 344 g/mol. The van der Waals surface area contributed by atoms with Gasteiger partial charge in [-0.25, -0.2) is 8.42 Å². The number of methoxy groups -OCH3 is 1. The molecule has 3 rings (SSSR count). The lowest BCUT2D eigenvalue weighted by Gasteiger charge is -2.35. The second-order valence-electron chi connectivity index (χ2n) is 6.32. The molecule has 2 fully saturated rings. The molecule has 1 atom stereocenters. The van der Waals surface area contributed by atoms with Crippen LogP contribution in [-0.2, 0) is 19.6 Å². The highest BCUT2D eigenvalue weighted by Gasteiger charge is 2.35. The van der Waals surface area contributed by atoms with Gasteiger partial charge in [0.15, 0.2) is 0 Å². The Kier molecular flexibility index (Phi) is 5.61. The van der Waals surface area contributed by atoms with E-state index in [1.807, 2.05) is 0 Å². The lowest BCUT2D eigenvalue weighted by Crippen LogP contribution is -2.49. The van der Waals surface area contributed by atoms with Crippen LogP contribution < -0.4 is 4.74 Å². The molecule has 0 saturated carbocycles. The maximum atomic E-state index is 12.9. The molecule has 2 aliphatic rings. The number of benzene rings is 1. The van der Waals surface area contributed by atoms with Crippen molar-refractivity contribution in [1.29, 1.82) is 0 Å². The molecule has 2 aliphatic heterocycles. The van der Waals surface area contributed by atoms with Crippen molar-refractivity contribution in [2.24, 2.45) is 5.92 Å². The van der Waals surface area contributed by atoms with Gasteiger partial charge in [0.1, 0.15) is 5.75 Å². The summed E-state index contributed by atoms with van der Waals surface area (Å²) in [5, 5.41) is 0. The molecule has 0 N–H and O–H groups in total. The number of carbonyl (C=O) groups is 1. The fraction of sp³-hybridized carbons (Fsp3) is 0.588. The van der Waals surface area contributed by atoms with E-state index in [-0.39, 0.29) is 23.3 Å². The van der Waals surface area contributed by atoms with Crippen molar-refractivity contribution in [3.63, 3.8) is 0 Å². The van der Waals surface area contributed by atoms with E-state index in [0.29, 0.717) is 45.0 Å². The van der Waals surface area contributed by atoms with Crippen molar-refractivity contribution in [2.75, 3.05) is 46.5 Å². The van der Waals surface area contributed by atoms with Crippen LogP contribution in [-0.4, -0.2) is 70.0 Å². The number of morpholine rings is 1. The Morgan fingerprint density at radius 1 is 1.16 bits per heavy atom. The Morgan fingerprint density at radius 3 is 2.48 bits per heavy atom. The zero-order valence-electron chi connectivity index (χ0n) is 14.4. The van der Waals surface area contributed by atoms with Gasteiger partial charge in [-0.15, -0.1) is 0 Å². The largest absolute Gasteiger partial charge is 0.497 e. The molecule has 1 unspecified atom stereocenters. The number of amides is 1. The Hall–Kier alpha value is -1.64. The van der Waals surface area contributed by atoms with Crippen LogP contribution in [0, 0.1) is 5.92 Å². The van der Waals surface area contributed by atoms with Gasteiger partial charge < -0.3 is 14.4 Å². The Bertz CT molecular complexity index is 698. The predicted molar refractivity (Wildman–Crippen MR) is 91.9 cm³/mol. The van der Waals surface area contributed by atoms with Crippen LogP contribution in [0.25, 0.3) is 0 Å². The molecular formula is C17H24N2O5S. The Morgan fingerprint density at radius 2 is 1.84 bits per heavy atom. The smallest absolute Gasteiger partial charge is 0.243 e. The molecule has 1 amide bonds. The van der Waals surface area contributed by atoms with Gasteiger partial charge in [-0.05, 0) is 37.1 Å². The van der Waals surface area contributed by atoms with Gasteiger partial charge in [0.05, 0.1) is 31.1 Å². The molecule has 138 valence electrons. The van der Waals surface area contributed by atoms with E-state index in [0.717, 1.165) is 6.42 Å². The molecule has 7 nitrogen and oxygen atoms in total. The van der Waals surface area contributed by atoms with Crippen LogP contribution in [0.2, 0.25) is 0 Å². The highest BCUT2D eigenvalue weighted by Crippen LogP contribution is 2.26. The van der Waals surface area contributed by atoms with Crippen LogP contribution >= 0.6 is 0 Å². The van der Waals surface area contributed by atoms with Crippen LogP contribution in [0.1, 0.15) is 12.8 Å². The summed E-state index contributed by atoms with van der Waals surface area (Å²) in [5.41, 5.74) is 0. The molecule has 2 saturated heterocycles. The standard InChI is InChI=1S/C17H24N2O5S/c1-23-15-4-6-16(7-5-15)25(21,22)19-8-2-3-14(13-19)17(20)18-9-11-24-12-10-18/h4-7,14H,2-3,8-13H2,1H3. The van der Waals surface area contributed by atoms with E-state index in [4.69, 9.17) is 9.47 Å². The zero-order valence-corrected chi connectivity index (χ0v) is 15.2. The van der Waals surface area contributed by atoms with Crippen molar-refractivity contribution in [2.45, 2.75) is 17.7 Å². The second-order valence-corrected chi connectivity index (χ2v) is 8.25. The number of ether oxygens (including phenoxy) is 2. The summed E-state index contributed by atoms with van der Waals surface area (Å²) >= 11 is 0. The van der Waals surface area contributed by atoms with E-state index < -0.39 is 10.0 Å². The average Bonchev–Trinajstić information content (AvgIpc) is 2.68. The summed E-state index contributed by atoms with van der Waals surface area (Å²) in [4.78, 5) is 14.7. The molecule has 0 aliphatic carbocycles. The van der Waals surface area contributed by atoms with E-state index in [1.165, 1.54) is 11.4 Å². The van der Waals surface area contributed by atoms with Gasteiger partial charge in [-0.1, -0.05) is 0 Å². The number of carbonyl (C=O) groups excluding carboxylic acids is 1. The molecule has 8 heteroatoms. The first-order chi connectivity index (χ1) is 12.0. The molecule has 2 heterocycles. The summed E-state index contributed by atoms with van der Waals surface area (Å²) in [7, 11) is -2.06. The van der Waals surface area contributed by atoms with Crippen molar-refractivity contribution in [3.8, 4) is 5.75 Å². The SMILES string of the molecule is COc1ccc(S(=O)(=O)N2CCCC(C(=O)N3CCOCC3)C2)cc1. The number of hydrogen-bond donors (Lipinski definition) is 0. The maximum Gasteiger partial charge on any atom is 0.243 e. The summed E-state index contributed by atoms with van der Waals surface area (Å²) in [6.45, 7) is 2.95. The van der Waals surface area contributed by atoms with Crippen molar-refractivity contribution in [1.82, 2.24) is 9.21 Å². The minimum absolute atomic E-state index is 0.0398.